The molecule has 0 aliphatic heterocycles. The Balaban J connectivity index is 0.000000253. The van der Waals surface area contributed by atoms with Gasteiger partial charge in [-0.15, -0.1) is 0 Å². The van der Waals surface area contributed by atoms with E-state index in [1.807, 2.05) is 56.3 Å². The first-order chi connectivity index (χ1) is 35.6. The molecule has 0 saturated heterocycles. The molecule has 1 heterocycles. The minimum atomic E-state index is -0.874. The Labute approximate surface area is 448 Å². The first-order valence-corrected chi connectivity index (χ1v) is 26.1. The highest BCUT2D eigenvalue weighted by Gasteiger charge is 2.16. The molecule has 9 nitrogen and oxygen atoms in total. The van der Waals surface area contributed by atoms with Gasteiger partial charge in [0.15, 0.2) is 23.1 Å². The van der Waals surface area contributed by atoms with Gasteiger partial charge in [-0.1, -0.05) is 105 Å². The Hall–Kier alpha value is -6.30. The summed E-state index contributed by atoms with van der Waals surface area (Å²) in [7, 11) is 8.09. The Morgan fingerprint density at radius 2 is 0.933 bits per heavy atom. The summed E-state index contributed by atoms with van der Waals surface area (Å²) in [6, 6.07) is 29.1. The predicted molar refractivity (Wildman–Crippen MR) is 309 cm³/mol. The van der Waals surface area contributed by atoms with Gasteiger partial charge in [-0.05, 0) is 152 Å². The van der Waals surface area contributed by atoms with Crippen LogP contribution in [0, 0.1) is 46.3 Å². The van der Waals surface area contributed by atoms with Crippen LogP contribution in [0.25, 0.3) is 21.8 Å². The van der Waals surface area contributed by atoms with Crippen molar-refractivity contribution in [1.29, 1.82) is 0 Å². The van der Waals surface area contributed by atoms with Crippen LogP contribution in [0.4, 0.5) is 8.78 Å². The highest BCUT2D eigenvalue weighted by Crippen LogP contribution is 2.38. The van der Waals surface area contributed by atoms with E-state index in [2.05, 4.69) is 130 Å². The van der Waals surface area contributed by atoms with Gasteiger partial charge in [-0.2, -0.15) is 0 Å². The van der Waals surface area contributed by atoms with Crippen LogP contribution in [-0.2, 0) is 0 Å². The number of nitrogens with one attached hydrogen (secondary N) is 2. The number of hydrogen-bond acceptors (Lipinski definition) is 8. The van der Waals surface area contributed by atoms with E-state index in [0.717, 1.165) is 69.4 Å². The van der Waals surface area contributed by atoms with Gasteiger partial charge in [0, 0.05) is 40.5 Å². The molecule has 0 aliphatic rings. The monoisotopic (exact) mass is 1030 g/mol. The van der Waals surface area contributed by atoms with Crippen molar-refractivity contribution in [2.24, 2.45) is 0 Å². The molecule has 1 aromatic heterocycles. The summed E-state index contributed by atoms with van der Waals surface area (Å²) in [5.74, 6) is 4.45. The summed E-state index contributed by atoms with van der Waals surface area (Å²) in [6.45, 7) is 31.6. The van der Waals surface area contributed by atoms with Crippen molar-refractivity contribution in [3.63, 3.8) is 0 Å². The van der Waals surface area contributed by atoms with E-state index in [0.29, 0.717) is 41.4 Å². The molecule has 3 N–H and O–H groups in total. The second-order valence-corrected chi connectivity index (χ2v) is 20.1. The Bertz CT molecular complexity index is 2790. The van der Waals surface area contributed by atoms with Crippen molar-refractivity contribution < 1.29 is 42.3 Å². The highest BCUT2D eigenvalue weighted by atomic mass is 19.2. The van der Waals surface area contributed by atoms with E-state index in [4.69, 9.17) is 28.4 Å². The number of H-pyrrole nitrogens is 1. The molecule has 11 heteroatoms. The third-order valence-corrected chi connectivity index (χ3v) is 13.0. The van der Waals surface area contributed by atoms with Crippen molar-refractivity contribution in [1.82, 2.24) is 10.3 Å². The van der Waals surface area contributed by atoms with Gasteiger partial charge in [-0.25, -0.2) is 8.78 Å². The van der Waals surface area contributed by atoms with Gasteiger partial charge < -0.3 is 43.8 Å². The molecular weight excluding hydrogens is 947 g/mol. The molecule has 0 fully saturated rings. The fraction of sp³-hybridized carbons (Fsp3) is 0.438. The number of aromatic nitrogens is 1. The maximum Gasteiger partial charge on any atom is 0.164 e. The normalized spacial score (nSPS) is 11.2. The number of ether oxygens (including phenoxy) is 6. The van der Waals surface area contributed by atoms with Crippen LogP contribution in [0.2, 0.25) is 0 Å². The number of benzene rings is 6. The van der Waals surface area contributed by atoms with E-state index >= 15 is 0 Å². The Kier molecular flexibility index (Phi) is 26.0. The van der Waals surface area contributed by atoms with Crippen LogP contribution in [0.3, 0.4) is 0 Å². The lowest BCUT2D eigenvalue weighted by Gasteiger charge is -2.15. The summed E-state index contributed by atoms with van der Waals surface area (Å²) in [5.41, 5.74) is 13.6. The zero-order valence-electron chi connectivity index (χ0n) is 48.5. The smallest absolute Gasteiger partial charge is 0.164 e. The second-order valence-electron chi connectivity index (χ2n) is 20.1. The summed E-state index contributed by atoms with van der Waals surface area (Å²) < 4.78 is 57.5. The fourth-order valence-corrected chi connectivity index (χ4v) is 8.40. The van der Waals surface area contributed by atoms with E-state index in [9.17, 15) is 13.9 Å². The van der Waals surface area contributed by atoms with Crippen LogP contribution in [0.5, 0.6) is 34.5 Å². The number of aliphatic hydroxyl groups is 1. The van der Waals surface area contributed by atoms with E-state index < -0.39 is 17.7 Å². The molecule has 7 aromatic rings. The molecule has 0 saturated carbocycles. The maximum absolute atomic E-state index is 12.8. The van der Waals surface area contributed by atoms with Crippen LogP contribution in [0.1, 0.15) is 142 Å². The molecule has 7 rings (SSSR count). The van der Waals surface area contributed by atoms with Crippen molar-refractivity contribution in [2.45, 2.75) is 133 Å². The lowest BCUT2D eigenvalue weighted by atomic mass is 9.94. The first kappa shape index (κ1) is 63.0. The average molecular weight is 1040 g/mol. The lowest BCUT2D eigenvalue weighted by molar-refractivity contribution is 0.107. The summed E-state index contributed by atoms with van der Waals surface area (Å²) in [5, 5.41) is 15.4. The molecule has 1 unspecified atom stereocenters. The zero-order valence-corrected chi connectivity index (χ0v) is 48.5. The van der Waals surface area contributed by atoms with Crippen LogP contribution in [0.15, 0.2) is 91.0 Å². The second kappa shape index (κ2) is 30.9. The van der Waals surface area contributed by atoms with Gasteiger partial charge in [0.05, 0.1) is 41.1 Å². The number of rotatable bonds is 16. The maximum atomic E-state index is 12.8. The average Bonchev–Trinajstić information content (AvgIpc) is 3.77. The lowest BCUT2D eigenvalue weighted by Crippen LogP contribution is -2.31. The number of aromatic amines is 1. The van der Waals surface area contributed by atoms with E-state index in [1.165, 1.54) is 52.1 Å². The third-order valence-electron chi connectivity index (χ3n) is 13.0. The SMILES string of the molecule is CCCNCC(O)COc1cccc2[nH]c3ccccc3c12.COc1cc(C)c(C)cc1C(C)C.COc1cc(F)c(F)cc1C(C)C.COc1cc(OC)c(C(C)C)cc1OC.Cc1cc(C)c(C(C)C)cc1C. The van der Waals surface area contributed by atoms with Crippen LogP contribution < -0.4 is 33.7 Å². The number of para-hydroxylation sites is 1. The molecule has 75 heavy (non-hydrogen) atoms. The molecule has 0 aliphatic carbocycles. The number of fused-ring (bicyclic) bond motifs is 3. The standard InChI is InChI=1S/C18H22N2O2.C12H18O3.C12H18O.C12H18.C10H12F2O/c1-2-10-19-11-13(21)12-22-17-9-5-8-16-18(17)14-6-3-4-7-15(14)20-16;1-8(2)9-6-11(14-4)12(15-5)7-10(9)13-3;1-8(2)11-6-9(3)10(4)7-12(11)13-5;1-8(2)12-7-10(4)9(3)6-11(12)5;1-6(2)7-4-8(11)9(12)5-10(7)13-3/h3-9,13,19-21H,2,10-12H2,1H3;6-8H,1-5H3;6-8H,1-5H3;6-8H,1-5H3;4-6H,1-3H3. The molecule has 410 valence electrons. The van der Waals surface area contributed by atoms with Crippen molar-refractivity contribution >= 4 is 21.8 Å². The summed E-state index contributed by atoms with van der Waals surface area (Å²) >= 11 is 0. The van der Waals surface area contributed by atoms with Gasteiger partial charge in [0.2, 0.25) is 0 Å². The largest absolute Gasteiger partial charge is 0.496 e. The van der Waals surface area contributed by atoms with Gasteiger partial charge in [0.25, 0.3) is 0 Å². The molecular formula is C64H88F2N2O7. The third kappa shape index (κ3) is 18.2. The highest BCUT2D eigenvalue weighted by molar-refractivity contribution is 6.10. The van der Waals surface area contributed by atoms with Crippen molar-refractivity contribution in [2.75, 3.05) is 55.2 Å². The summed E-state index contributed by atoms with van der Waals surface area (Å²) in [4.78, 5) is 3.39. The Morgan fingerprint density at radius 1 is 0.480 bits per heavy atom. The number of hydrogen-bond donors (Lipinski definition) is 3. The number of aryl methyl sites for hydroxylation is 5. The van der Waals surface area contributed by atoms with E-state index in [1.54, 1.807) is 28.4 Å². The fourth-order valence-electron chi connectivity index (χ4n) is 8.40. The van der Waals surface area contributed by atoms with Gasteiger partial charge >= 0.3 is 0 Å². The topological polar surface area (TPSA) is 103 Å². The predicted octanol–water partition coefficient (Wildman–Crippen LogP) is 16.2. The first-order valence-electron chi connectivity index (χ1n) is 26.1. The molecule has 0 amide bonds. The molecule has 0 radical (unpaired) electrons. The molecule has 6 aromatic carbocycles. The minimum Gasteiger partial charge on any atom is -0.496 e. The molecule has 0 bridgehead atoms. The van der Waals surface area contributed by atoms with Crippen LogP contribution >= 0.6 is 0 Å². The van der Waals surface area contributed by atoms with Crippen molar-refractivity contribution in [3.8, 4) is 34.5 Å². The van der Waals surface area contributed by atoms with Gasteiger partial charge in [-0.3, -0.25) is 0 Å². The number of methoxy groups -OCH3 is 5. The van der Waals surface area contributed by atoms with E-state index in [-0.39, 0.29) is 12.5 Å². The van der Waals surface area contributed by atoms with Crippen molar-refractivity contribution in [3.05, 3.63) is 153 Å². The van der Waals surface area contributed by atoms with Crippen LogP contribution in [-0.4, -0.2) is 71.4 Å². The zero-order chi connectivity index (χ0) is 56.1. The molecule has 0 spiro atoms. The summed E-state index contributed by atoms with van der Waals surface area (Å²) in [6.07, 6.45) is 0.550. The molecule has 1 atom stereocenters. The number of aliphatic hydroxyl groups excluding tert-OH is 1. The minimum absolute atomic E-state index is 0.116. The quantitative estimate of drug-likeness (QED) is 0.0823. The Morgan fingerprint density at radius 3 is 1.49 bits per heavy atom. The number of halogens is 2. The van der Waals surface area contributed by atoms with Gasteiger partial charge in [0.1, 0.15) is 35.7 Å².